The molecule has 3 aromatic carbocycles. The van der Waals surface area contributed by atoms with Crippen LogP contribution in [0, 0.1) is 5.92 Å². The third kappa shape index (κ3) is 8.20. The summed E-state index contributed by atoms with van der Waals surface area (Å²) in [5.41, 5.74) is 0.939. The first kappa shape index (κ1) is 30.9. The summed E-state index contributed by atoms with van der Waals surface area (Å²) in [6, 6.07) is 18.6. The lowest BCUT2D eigenvalue weighted by atomic mass is 10.1. The summed E-state index contributed by atoms with van der Waals surface area (Å²) in [5.74, 6) is -0.701. The van der Waals surface area contributed by atoms with Crippen molar-refractivity contribution < 1.29 is 18.0 Å². The van der Waals surface area contributed by atoms with Crippen molar-refractivity contribution in [1.82, 2.24) is 10.2 Å². The molecule has 3 rings (SSSR count). The van der Waals surface area contributed by atoms with Crippen LogP contribution in [-0.4, -0.2) is 44.3 Å². The number of halogens is 3. The van der Waals surface area contributed by atoms with Gasteiger partial charge in [0.1, 0.15) is 12.6 Å². The normalized spacial score (nSPS) is 12.2. The lowest BCUT2D eigenvalue weighted by Gasteiger charge is -2.32. The van der Waals surface area contributed by atoms with E-state index in [1.807, 2.05) is 13.8 Å². The van der Waals surface area contributed by atoms with Gasteiger partial charge in [-0.15, -0.1) is 0 Å². The standard InChI is InChI=1S/C28H30BrCl2N3O4S/c1-19(2)16-32-28(36)20(3)33(17-21-12-13-25(30)26(31)14-21)27(35)18-34(23-9-7-8-22(29)15-23)39(37,38)24-10-5-4-6-11-24/h4-15,19-20H,16-18H2,1-3H3,(H,32,36)/t20-/m1/s1. The first-order valence-electron chi connectivity index (χ1n) is 12.2. The van der Waals surface area contributed by atoms with Gasteiger partial charge in [-0.25, -0.2) is 8.42 Å². The first-order valence-corrected chi connectivity index (χ1v) is 15.2. The van der Waals surface area contributed by atoms with Crippen LogP contribution in [0.25, 0.3) is 0 Å². The number of hydrogen-bond acceptors (Lipinski definition) is 4. The second-order valence-electron chi connectivity index (χ2n) is 9.39. The average molecular weight is 655 g/mol. The van der Waals surface area contributed by atoms with Gasteiger partial charge < -0.3 is 10.2 Å². The highest BCUT2D eigenvalue weighted by molar-refractivity contribution is 9.10. The highest BCUT2D eigenvalue weighted by Crippen LogP contribution is 2.28. The lowest BCUT2D eigenvalue weighted by Crippen LogP contribution is -2.51. The van der Waals surface area contributed by atoms with Crippen LogP contribution in [0.15, 0.2) is 82.2 Å². The molecule has 0 aliphatic carbocycles. The highest BCUT2D eigenvalue weighted by atomic mass is 79.9. The first-order chi connectivity index (χ1) is 18.4. The molecular weight excluding hydrogens is 625 g/mol. The Hall–Kier alpha value is -2.59. The molecule has 0 bridgehead atoms. The smallest absolute Gasteiger partial charge is 0.264 e. The molecule has 0 aromatic heterocycles. The summed E-state index contributed by atoms with van der Waals surface area (Å²) in [6.07, 6.45) is 0. The minimum absolute atomic E-state index is 0.0176. The van der Waals surface area contributed by atoms with Gasteiger partial charge in [-0.1, -0.05) is 83.3 Å². The molecule has 1 N–H and O–H groups in total. The van der Waals surface area contributed by atoms with E-state index in [1.165, 1.54) is 17.0 Å². The molecule has 39 heavy (non-hydrogen) atoms. The number of amides is 2. The van der Waals surface area contributed by atoms with Gasteiger partial charge in [-0.3, -0.25) is 13.9 Å². The third-order valence-electron chi connectivity index (χ3n) is 5.90. The molecule has 208 valence electrons. The predicted octanol–water partition coefficient (Wildman–Crippen LogP) is 6.14. The van der Waals surface area contributed by atoms with Crippen molar-refractivity contribution in [2.75, 3.05) is 17.4 Å². The molecule has 11 heteroatoms. The number of rotatable bonds is 11. The molecule has 0 heterocycles. The topological polar surface area (TPSA) is 86.8 Å². The van der Waals surface area contributed by atoms with Crippen molar-refractivity contribution in [3.63, 3.8) is 0 Å². The molecule has 1 atom stereocenters. The molecule has 0 fully saturated rings. The average Bonchev–Trinajstić information content (AvgIpc) is 2.90. The number of benzene rings is 3. The largest absolute Gasteiger partial charge is 0.354 e. The zero-order valence-electron chi connectivity index (χ0n) is 21.8. The van der Waals surface area contributed by atoms with Gasteiger partial charge in [0.25, 0.3) is 10.0 Å². The quantitative estimate of drug-likeness (QED) is 0.269. The van der Waals surface area contributed by atoms with E-state index in [0.29, 0.717) is 32.3 Å². The Labute approximate surface area is 248 Å². The molecule has 0 saturated carbocycles. The number of carbonyl (C=O) groups is 2. The minimum atomic E-state index is -4.13. The molecule has 7 nitrogen and oxygen atoms in total. The number of anilines is 1. The Morgan fingerprint density at radius 1 is 0.923 bits per heavy atom. The fraction of sp³-hybridized carbons (Fsp3) is 0.286. The van der Waals surface area contributed by atoms with Crippen LogP contribution in [0.1, 0.15) is 26.3 Å². The summed E-state index contributed by atoms with van der Waals surface area (Å²) in [4.78, 5) is 28.3. The van der Waals surface area contributed by atoms with E-state index in [2.05, 4.69) is 21.2 Å². The van der Waals surface area contributed by atoms with Crippen LogP contribution >= 0.6 is 39.1 Å². The van der Waals surface area contributed by atoms with Crippen LogP contribution in [0.4, 0.5) is 5.69 Å². The van der Waals surface area contributed by atoms with Gasteiger partial charge in [0.15, 0.2) is 0 Å². The maximum Gasteiger partial charge on any atom is 0.264 e. The fourth-order valence-electron chi connectivity index (χ4n) is 3.75. The molecule has 0 spiro atoms. The highest BCUT2D eigenvalue weighted by Gasteiger charge is 2.32. The number of hydrogen-bond donors (Lipinski definition) is 1. The molecular formula is C28H30BrCl2N3O4S. The van der Waals surface area contributed by atoms with E-state index < -0.39 is 28.5 Å². The van der Waals surface area contributed by atoms with E-state index in [0.717, 1.165) is 4.31 Å². The molecule has 0 aliphatic rings. The van der Waals surface area contributed by atoms with Crippen molar-refractivity contribution in [3.05, 3.63) is 92.9 Å². The van der Waals surface area contributed by atoms with Gasteiger partial charge >= 0.3 is 0 Å². The van der Waals surface area contributed by atoms with Crippen molar-refractivity contribution in [1.29, 1.82) is 0 Å². The SMILES string of the molecule is CC(C)CNC(=O)[C@@H](C)N(Cc1ccc(Cl)c(Cl)c1)C(=O)CN(c1cccc(Br)c1)S(=O)(=O)c1ccccc1. The number of sulfonamides is 1. The van der Waals surface area contributed by atoms with Gasteiger partial charge in [0.05, 0.1) is 20.6 Å². The molecule has 2 amide bonds. The molecule has 0 saturated heterocycles. The summed E-state index contributed by atoms with van der Waals surface area (Å²) in [7, 11) is -4.13. The second-order valence-corrected chi connectivity index (χ2v) is 13.0. The number of carbonyl (C=O) groups excluding carboxylic acids is 2. The van der Waals surface area contributed by atoms with Crippen molar-refractivity contribution in [2.45, 2.75) is 38.3 Å². The lowest BCUT2D eigenvalue weighted by molar-refractivity contribution is -0.139. The van der Waals surface area contributed by atoms with Crippen LogP contribution in [0.2, 0.25) is 10.0 Å². The minimum Gasteiger partial charge on any atom is -0.354 e. The van der Waals surface area contributed by atoms with Crippen molar-refractivity contribution >= 4 is 66.7 Å². The van der Waals surface area contributed by atoms with Crippen LogP contribution in [0.5, 0.6) is 0 Å². The van der Waals surface area contributed by atoms with Gasteiger partial charge in [0.2, 0.25) is 11.8 Å². The zero-order chi connectivity index (χ0) is 28.7. The maximum atomic E-state index is 13.9. The molecule has 0 unspecified atom stereocenters. The Morgan fingerprint density at radius 2 is 1.62 bits per heavy atom. The second kappa shape index (κ2) is 13.7. The van der Waals surface area contributed by atoms with E-state index in [9.17, 15) is 18.0 Å². The van der Waals surface area contributed by atoms with Gasteiger partial charge in [0, 0.05) is 17.6 Å². The van der Waals surface area contributed by atoms with Crippen LogP contribution < -0.4 is 9.62 Å². The predicted molar refractivity (Wildman–Crippen MR) is 159 cm³/mol. The molecule has 0 aliphatic heterocycles. The number of nitrogens with zero attached hydrogens (tertiary/aromatic N) is 2. The Bertz CT molecular complexity index is 1420. The Kier molecular flexibility index (Phi) is 10.8. The van der Waals surface area contributed by atoms with Gasteiger partial charge in [-0.05, 0) is 60.9 Å². The number of nitrogens with one attached hydrogen (secondary N) is 1. The van der Waals surface area contributed by atoms with Gasteiger partial charge in [-0.2, -0.15) is 0 Å². The zero-order valence-corrected chi connectivity index (χ0v) is 25.7. The van der Waals surface area contributed by atoms with Crippen molar-refractivity contribution in [3.8, 4) is 0 Å². The fourth-order valence-corrected chi connectivity index (χ4v) is 5.88. The summed E-state index contributed by atoms with van der Waals surface area (Å²) in [5, 5.41) is 3.52. The van der Waals surface area contributed by atoms with E-state index in [-0.39, 0.29) is 23.3 Å². The maximum absolute atomic E-state index is 13.9. The van der Waals surface area contributed by atoms with Crippen molar-refractivity contribution in [2.24, 2.45) is 5.92 Å². The third-order valence-corrected chi connectivity index (χ3v) is 8.92. The van der Waals surface area contributed by atoms with E-state index in [4.69, 9.17) is 23.2 Å². The molecule has 3 aromatic rings. The summed E-state index contributed by atoms with van der Waals surface area (Å²) < 4.78 is 29.2. The Morgan fingerprint density at radius 3 is 2.23 bits per heavy atom. The summed E-state index contributed by atoms with van der Waals surface area (Å²) in [6.45, 7) is 5.47. The monoisotopic (exact) mass is 653 g/mol. The van der Waals surface area contributed by atoms with Crippen LogP contribution in [-0.2, 0) is 26.2 Å². The Balaban J connectivity index is 2.01. The van der Waals surface area contributed by atoms with E-state index in [1.54, 1.807) is 67.6 Å². The van der Waals surface area contributed by atoms with Crippen LogP contribution in [0.3, 0.4) is 0 Å². The summed E-state index contributed by atoms with van der Waals surface area (Å²) >= 11 is 15.7. The molecule has 0 radical (unpaired) electrons. The van der Waals surface area contributed by atoms with E-state index >= 15 is 0 Å².